The predicted molar refractivity (Wildman–Crippen MR) is 108 cm³/mol. The molecular formula is C21H23NO4S. The van der Waals surface area contributed by atoms with Crippen LogP contribution < -0.4 is 5.32 Å². The summed E-state index contributed by atoms with van der Waals surface area (Å²) in [4.78, 5) is 34.2. The van der Waals surface area contributed by atoms with Crippen LogP contribution in [0.1, 0.15) is 47.7 Å². The van der Waals surface area contributed by atoms with Crippen molar-refractivity contribution in [1.29, 1.82) is 0 Å². The summed E-state index contributed by atoms with van der Waals surface area (Å²) in [6, 6.07) is 14.3. The number of hydrogen-bond donors (Lipinski definition) is 2. The molecule has 0 saturated heterocycles. The monoisotopic (exact) mass is 385 g/mol. The minimum atomic E-state index is -1.02. The molecule has 1 amide bonds. The van der Waals surface area contributed by atoms with Crippen molar-refractivity contribution in [1.82, 2.24) is 0 Å². The number of carboxylic acid groups (broad SMARTS) is 1. The Bertz CT molecular complexity index is 819. The van der Waals surface area contributed by atoms with Crippen LogP contribution in [0.4, 0.5) is 5.69 Å². The van der Waals surface area contributed by atoms with E-state index in [1.807, 2.05) is 18.2 Å². The molecule has 0 heterocycles. The van der Waals surface area contributed by atoms with Gasteiger partial charge in [-0.3, -0.25) is 9.59 Å². The van der Waals surface area contributed by atoms with Crippen LogP contribution in [0.2, 0.25) is 0 Å². The number of nitrogens with one attached hydrogen (secondary N) is 1. The lowest BCUT2D eigenvalue weighted by molar-refractivity contribution is -0.116. The maximum atomic E-state index is 12.0. The fourth-order valence-electron chi connectivity index (χ4n) is 2.68. The molecule has 0 saturated carbocycles. The Hall–Kier alpha value is -2.60. The largest absolute Gasteiger partial charge is 0.478 e. The number of carbonyl (C=O) groups excluding carboxylic acids is 2. The molecule has 0 spiro atoms. The van der Waals surface area contributed by atoms with Crippen molar-refractivity contribution < 1.29 is 19.5 Å². The first-order chi connectivity index (χ1) is 13.0. The molecule has 0 aliphatic carbocycles. The van der Waals surface area contributed by atoms with Gasteiger partial charge in [0.15, 0.2) is 5.12 Å². The lowest BCUT2D eigenvalue weighted by atomic mass is 10.0. The standard InChI is InChI=1S/C21H23NO4S/c1-15(23)27-14-18-9-3-2-7-16(18)8-4-5-12-20(24)22-19-11-6-10-17(13-19)21(25)26/h2-3,6-7,9-11,13H,4-5,8,12,14H2,1H3,(H,22,24)(H,25,26). The first kappa shape index (κ1) is 20.7. The first-order valence-corrected chi connectivity index (χ1v) is 9.77. The second-order valence-corrected chi connectivity index (χ2v) is 7.34. The van der Waals surface area contributed by atoms with Crippen LogP contribution >= 0.6 is 11.8 Å². The molecule has 2 aromatic rings. The fraction of sp³-hybridized carbons (Fsp3) is 0.286. The number of anilines is 1. The SMILES string of the molecule is CC(=O)SCc1ccccc1CCCCC(=O)Nc1cccc(C(=O)O)c1. The Morgan fingerprint density at radius 2 is 1.74 bits per heavy atom. The van der Waals surface area contributed by atoms with Gasteiger partial charge in [-0.15, -0.1) is 0 Å². The number of carbonyl (C=O) groups is 3. The lowest BCUT2D eigenvalue weighted by Gasteiger charge is -2.09. The van der Waals surface area contributed by atoms with E-state index in [0.29, 0.717) is 17.9 Å². The molecule has 2 aromatic carbocycles. The number of carboxylic acids is 1. The normalized spacial score (nSPS) is 10.4. The molecule has 0 bridgehead atoms. The van der Waals surface area contributed by atoms with Gasteiger partial charge in [0, 0.05) is 24.8 Å². The quantitative estimate of drug-likeness (QED) is 0.620. The van der Waals surface area contributed by atoms with Crippen molar-refractivity contribution in [3.63, 3.8) is 0 Å². The molecular weight excluding hydrogens is 362 g/mol. The number of amides is 1. The van der Waals surface area contributed by atoms with Crippen molar-refractivity contribution in [2.45, 2.75) is 38.4 Å². The van der Waals surface area contributed by atoms with Gasteiger partial charge in [0.25, 0.3) is 0 Å². The average molecular weight is 385 g/mol. The minimum absolute atomic E-state index is 0.105. The van der Waals surface area contributed by atoms with Crippen LogP contribution in [0.3, 0.4) is 0 Å². The third kappa shape index (κ3) is 7.27. The van der Waals surface area contributed by atoms with Gasteiger partial charge in [0.05, 0.1) is 5.56 Å². The van der Waals surface area contributed by atoms with E-state index in [-0.39, 0.29) is 16.6 Å². The summed E-state index contributed by atoms with van der Waals surface area (Å²) in [6.45, 7) is 1.57. The fourth-order valence-corrected chi connectivity index (χ4v) is 3.32. The van der Waals surface area contributed by atoms with E-state index in [2.05, 4.69) is 11.4 Å². The third-order valence-corrected chi connectivity index (χ3v) is 4.90. The number of rotatable bonds is 9. The highest BCUT2D eigenvalue weighted by atomic mass is 32.2. The van der Waals surface area contributed by atoms with Crippen molar-refractivity contribution >= 4 is 34.4 Å². The molecule has 2 N–H and O–H groups in total. The molecule has 0 fully saturated rings. The number of hydrogen-bond acceptors (Lipinski definition) is 4. The molecule has 0 aromatic heterocycles. The van der Waals surface area contributed by atoms with Crippen molar-refractivity contribution in [2.75, 3.05) is 5.32 Å². The second-order valence-electron chi connectivity index (χ2n) is 6.19. The van der Waals surface area contributed by atoms with Gasteiger partial charge in [0.1, 0.15) is 0 Å². The van der Waals surface area contributed by atoms with E-state index in [4.69, 9.17) is 5.11 Å². The molecule has 27 heavy (non-hydrogen) atoms. The number of thioether (sulfide) groups is 1. The van der Waals surface area contributed by atoms with E-state index in [9.17, 15) is 14.4 Å². The van der Waals surface area contributed by atoms with Gasteiger partial charge in [-0.05, 0) is 48.6 Å². The highest BCUT2D eigenvalue weighted by Gasteiger charge is 2.07. The molecule has 6 heteroatoms. The summed E-state index contributed by atoms with van der Waals surface area (Å²) in [6.07, 6.45) is 2.83. The highest BCUT2D eigenvalue weighted by molar-refractivity contribution is 8.12. The van der Waals surface area contributed by atoms with Crippen LogP contribution in [0.5, 0.6) is 0 Å². The summed E-state index contributed by atoms with van der Waals surface area (Å²) >= 11 is 1.30. The van der Waals surface area contributed by atoms with Gasteiger partial charge >= 0.3 is 5.97 Å². The zero-order valence-electron chi connectivity index (χ0n) is 15.2. The highest BCUT2D eigenvalue weighted by Crippen LogP contribution is 2.19. The lowest BCUT2D eigenvalue weighted by Crippen LogP contribution is -2.11. The number of benzene rings is 2. The van der Waals surface area contributed by atoms with Crippen LogP contribution in [0.25, 0.3) is 0 Å². The van der Waals surface area contributed by atoms with Crippen molar-refractivity contribution in [2.24, 2.45) is 0 Å². The van der Waals surface area contributed by atoms with Gasteiger partial charge in [-0.1, -0.05) is 42.1 Å². The van der Waals surface area contributed by atoms with Crippen LogP contribution in [-0.4, -0.2) is 22.1 Å². The first-order valence-electron chi connectivity index (χ1n) is 8.79. The van der Waals surface area contributed by atoms with E-state index in [0.717, 1.165) is 24.8 Å². The molecule has 142 valence electrons. The summed E-state index contributed by atoms with van der Waals surface area (Å²) in [7, 11) is 0. The van der Waals surface area contributed by atoms with Gasteiger partial charge < -0.3 is 10.4 Å². The van der Waals surface area contributed by atoms with Crippen LogP contribution in [-0.2, 0) is 21.8 Å². The van der Waals surface area contributed by atoms with E-state index < -0.39 is 5.97 Å². The molecule has 0 atom stereocenters. The van der Waals surface area contributed by atoms with Gasteiger partial charge in [0.2, 0.25) is 5.91 Å². The molecule has 2 rings (SSSR count). The Morgan fingerprint density at radius 1 is 1.00 bits per heavy atom. The van der Waals surface area contributed by atoms with E-state index in [1.54, 1.807) is 19.1 Å². The summed E-state index contributed by atoms with van der Waals surface area (Å²) < 4.78 is 0. The van der Waals surface area contributed by atoms with Gasteiger partial charge in [-0.2, -0.15) is 0 Å². The second kappa shape index (κ2) is 10.5. The zero-order chi connectivity index (χ0) is 19.6. The molecule has 5 nitrogen and oxygen atoms in total. The maximum absolute atomic E-state index is 12.0. The third-order valence-electron chi connectivity index (χ3n) is 4.04. The summed E-state index contributed by atoms with van der Waals surface area (Å²) in [5.41, 5.74) is 3.01. The number of unbranched alkanes of at least 4 members (excludes halogenated alkanes) is 1. The predicted octanol–water partition coefficient (Wildman–Crippen LogP) is 4.52. The van der Waals surface area contributed by atoms with E-state index in [1.165, 1.54) is 29.5 Å². The maximum Gasteiger partial charge on any atom is 0.335 e. The number of aryl methyl sites for hydroxylation is 1. The van der Waals surface area contributed by atoms with Gasteiger partial charge in [-0.25, -0.2) is 4.79 Å². The van der Waals surface area contributed by atoms with Crippen molar-refractivity contribution in [3.05, 3.63) is 65.2 Å². The van der Waals surface area contributed by atoms with Crippen molar-refractivity contribution in [3.8, 4) is 0 Å². The smallest absolute Gasteiger partial charge is 0.335 e. The Morgan fingerprint density at radius 3 is 2.44 bits per heavy atom. The number of aromatic carboxylic acids is 1. The zero-order valence-corrected chi connectivity index (χ0v) is 16.1. The van der Waals surface area contributed by atoms with Crippen LogP contribution in [0, 0.1) is 0 Å². The Kier molecular flexibility index (Phi) is 8.07. The van der Waals surface area contributed by atoms with E-state index >= 15 is 0 Å². The topological polar surface area (TPSA) is 83.5 Å². The summed E-state index contributed by atoms with van der Waals surface area (Å²) in [5.74, 6) is -0.475. The van der Waals surface area contributed by atoms with Crippen LogP contribution in [0.15, 0.2) is 48.5 Å². The Labute approximate surface area is 163 Å². The molecule has 0 unspecified atom stereocenters. The molecule has 0 aliphatic heterocycles. The molecule has 0 radical (unpaired) electrons. The average Bonchev–Trinajstić information content (AvgIpc) is 2.64. The summed E-state index contributed by atoms with van der Waals surface area (Å²) in [5, 5.41) is 11.8. The Balaban J connectivity index is 1.78. The molecule has 0 aliphatic rings. The minimum Gasteiger partial charge on any atom is -0.478 e.